The quantitative estimate of drug-likeness (QED) is 0.332. The van der Waals surface area contributed by atoms with Crippen LogP contribution < -0.4 is 0 Å². The minimum Gasteiger partial charge on any atom is -0.465 e. The van der Waals surface area contributed by atoms with E-state index in [0.717, 1.165) is 6.42 Å². The lowest BCUT2D eigenvalue weighted by atomic mass is 10.3. The molecule has 0 unspecified atom stereocenters. The van der Waals surface area contributed by atoms with Crippen molar-refractivity contribution in [3.05, 3.63) is 0 Å². The minimum absolute atomic E-state index is 0.0103. The molecule has 0 aliphatic carbocycles. The van der Waals surface area contributed by atoms with E-state index in [1.807, 2.05) is 6.92 Å². The highest BCUT2D eigenvalue weighted by Gasteiger charge is 2.03. The summed E-state index contributed by atoms with van der Waals surface area (Å²) in [4.78, 5) is 30.9. The number of carbonyl (C=O) groups excluding carboxylic acids is 3. The molecular weight excluding hydrogens is 160 g/mol. The smallest absolute Gasteiger partial charge is 0.305 e. The first kappa shape index (κ1) is 10.8. The van der Waals surface area contributed by atoms with E-state index in [2.05, 4.69) is 4.74 Å². The monoisotopic (exact) mass is 172 g/mol. The van der Waals surface area contributed by atoms with Crippen molar-refractivity contribution in [3.63, 3.8) is 0 Å². The molecule has 0 amide bonds. The van der Waals surface area contributed by atoms with Crippen molar-refractivity contribution in [1.29, 1.82) is 0 Å². The van der Waals surface area contributed by atoms with E-state index < -0.39 is 5.78 Å². The van der Waals surface area contributed by atoms with E-state index in [1.54, 1.807) is 0 Å². The fourth-order valence-electron chi connectivity index (χ4n) is 0.601. The maximum atomic E-state index is 10.7. The molecule has 0 heterocycles. The minimum atomic E-state index is -0.542. The third kappa shape index (κ3) is 5.58. The summed E-state index contributed by atoms with van der Waals surface area (Å²) in [5.74, 6) is -0.865. The summed E-state index contributed by atoms with van der Waals surface area (Å²) in [6.07, 6.45) is 1.29. The Morgan fingerprint density at radius 2 is 2.00 bits per heavy atom. The van der Waals surface area contributed by atoms with Crippen molar-refractivity contribution in [2.75, 3.05) is 6.61 Å². The van der Waals surface area contributed by atoms with Gasteiger partial charge in [-0.15, -0.1) is 0 Å². The van der Waals surface area contributed by atoms with Gasteiger partial charge in [0.05, 0.1) is 6.61 Å². The molecule has 0 N–H and O–H groups in total. The van der Waals surface area contributed by atoms with E-state index in [9.17, 15) is 14.4 Å². The SMILES string of the molecule is CCCC(=O)OCCC(=O)C=O. The molecule has 68 valence electrons. The van der Waals surface area contributed by atoms with E-state index in [4.69, 9.17) is 0 Å². The summed E-state index contributed by atoms with van der Waals surface area (Å²) in [6.45, 7) is 1.87. The second-order valence-electron chi connectivity index (χ2n) is 2.30. The van der Waals surface area contributed by atoms with Crippen LogP contribution in [0.4, 0.5) is 0 Å². The zero-order valence-corrected chi connectivity index (χ0v) is 7.04. The highest BCUT2D eigenvalue weighted by Crippen LogP contribution is 1.92. The molecule has 12 heavy (non-hydrogen) atoms. The molecular formula is C8H12O4. The summed E-state index contributed by atoms with van der Waals surface area (Å²) in [5.41, 5.74) is 0. The molecule has 0 aromatic heterocycles. The van der Waals surface area contributed by atoms with Gasteiger partial charge in [-0.05, 0) is 6.42 Å². The number of ketones is 1. The highest BCUT2D eigenvalue weighted by molar-refractivity contribution is 6.24. The summed E-state index contributed by atoms with van der Waals surface area (Å²) in [5, 5.41) is 0. The molecule has 0 saturated heterocycles. The van der Waals surface area contributed by atoms with Gasteiger partial charge in [0, 0.05) is 12.8 Å². The van der Waals surface area contributed by atoms with Gasteiger partial charge in [-0.3, -0.25) is 14.4 Å². The van der Waals surface area contributed by atoms with Crippen molar-refractivity contribution in [2.45, 2.75) is 26.2 Å². The Labute approximate surface area is 70.9 Å². The average molecular weight is 172 g/mol. The first-order valence-corrected chi connectivity index (χ1v) is 3.84. The van der Waals surface area contributed by atoms with Crippen LogP contribution in [0.1, 0.15) is 26.2 Å². The number of carbonyl (C=O) groups is 3. The van der Waals surface area contributed by atoms with Crippen LogP contribution in [-0.4, -0.2) is 24.6 Å². The van der Waals surface area contributed by atoms with Crippen LogP contribution in [0.5, 0.6) is 0 Å². The fraction of sp³-hybridized carbons (Fsp3) is 0.625. The van der Waals surface area contributed by atoms with E-state index in [1.165, 1.54) is 0 Å². The van der Waals surface area contributed by atoms with Crippen LogP contribution >= 0.6 is 0 Å². The third-order valence-corrected chi connectivity index (χ3v) is 1.20. The first-order chi connectivity index (χ1) is 5.70. The Balaban J connectivity index is 3.36. The highest BCUT2D eigenvalue weighted by atomic mass is 16.5. The van der Waals surface area contributed by atoms with Crippen LogP contribution in [0, 0.1) is 0 Å². The summed E-state index contributed by atoms with van der Waals surface area (Å²) in [6, 6.07) is 0. The molecule has 0 aromatic carbocycles. The number of esters is 1. The number of hydrogen-bond donors (Lipinski definition) is 0. The van der Waals surface area contributed by atoms with Crippen LogP contribution in [0.25, 0.3) is 0 Å². The van der Waals surface area contributed by atoms with Crippen molar-refractivity contribution in [3.8, 4) is 0 Å². The molecule has 0 aromatic rings. The normalized spacial score (nSPS) is 9.08. The maximum Gasteiger partial charge on any atom is 0.305 e. The molecule has 0 aliphatic heterocycles. The Morgan fingerprint density at radius 3 is 2.50 bits per heavy atom. The standard InChI is InChI=1S/C8H12O4/c1-2-3-8(11)12-5-4-7(10)6-9/h6H,2-5H2,1H3. The Bertz CT molecular complexity index is 174. The van der Waals surface area contributed by atoms with Crippen LogP contribution in [0.2, 0.25) is 0 Å². The van der Waals surface area contributed by atoms with Gasteiger partial charge in [0.25, 0.3) is 0 Å². The van der Waals surface area contributed by atoms with Crippen LogP contribution in [0.3, 0.4) is 0 Å². The van der Waals surface area contributed by atoms with Gasteiger partial charge >= 0.3 is 5.97 Å². The van der Waals surface area contributed by atoms with Crippen LogP contribution in [0.15, 0.2) is 0 Å². The van der Waals surface area contributed by atoms with Gasteiger partial charge in [0.15, 0.2) is 12.1 Å². The number of ether oxygens (including phenoxy) is 1. The van der Waals surface area contributed by atoms with Crippen LogP contribution in [-0.2, 0) is 19.1 Å². The van der Waals surface area contributed by atoms with E-state index in [-0.39, 0.29) is 25.3 Å². The third-order valence-electron chi connectivity index (χ3n) is 1.20. The summed E-state index contributed by atoms with van der Waals surface area (Å²) < 4.78 is 4.64. The van der Waals surface area contributed by atoms with Gasteiger partial charge in [-0.2, -0.15) is 0 Å². The summed E-state index contributed by atoms with van der Waals surface area (Å²) >= 11 is 0. The molecule has 0 aliphatic rings. The zero-order chi connectivity index (χ0) is 9.40. The van der Waals surface area contributed by atoms with Gasteiger partial charge < -0.3 is 4.74 Å². The predicted molar refractivity (Wildman–Crippen MR) is 41.6 cm³/mol. The number of rotatable bonds is 6. The topological polar surface area (TPSA) is 60.4 Å². The molecule has 0 atom stereocenters. The van der Waals surface area contributed by atoms with Crippen molar-refractivity contribution >= 4 is 18.0 Å². The second-order valence-corrected chi connectivity index (χ2v) is 2.30. The van der Waals surface area contributed by atoms with Gasteiger partial charge in [-0.1, -0.05) is 6.92 Å². The average Bonchev–Trinajstić information content (AvgIpc) is 2.04. The maximum absolute atomic E-state index is 10.7. The van der Waals surface area contributed by atoms with E-state index >= 15 is 0 Å². The molecule has 0 spiro atoms. The number of aldehydes is 1. The van der Waals surface area contributed by atoms with Gasteiger partial charge in [0.2, 0.25) is 0 Å². The van der Waals surface area contributed by atoms with Gasteiger partial charge in [0.1, 0.15) is 0 Å². The van der Waals surface area contributed by atoms with Crippen molar-refractivity contribution in [2.24, 2.45) is 0 Å². The number of Topliss-reactive ketones (excluding diaryl/α,β-unsaturated/α-hetero) is 1. The Morgan fingerprint density at radius 1 is 1.33 bits per heavy atom. The lowest BCUT2D eigenvalue weighted by molar-refractivity contribution is -0.144. The predicted octanol–water partition coefficient (Wildman–Crippen LogP) is 0.488. The molecule has 0 rings (SSSR count). The largest absolute Gasteiger partial charge is 0.465 e. The molecule has 0 saturated carbocycles. The zero-order valence-electron chi connectivity index (χ0n) is 7.04. The number of hydrogen-bond acceptors (Lipinski definition) is 4. The lowest BCUT2D eigenvalue weighted by Gasteiger charge is -2.00. The van der Waals surface area contributed by atoms with E-state index in [0.29, 0.717) is 6.42 Å². The molecule has 4 heteroatoms. The summed E-state index contributed by atoms with van der Waals surface area (Å²) in [7, 11) is 0. The Hall–Kier alpha value is -1.19. The molecule has 0 radical (unpaired) electrons. The fourth-order valence-corrected chi connectivity index (χ4v) is 0.601. The molecule has 0 fully saturated rings. The molecule has 4 nitrogen and oxygen atoms in total. The van der Waals surface area contributed by atoms with Gasteiger partial charge in [-0.25, -0.2) is 0 Å². The first-order valence-electron chi connectivity index (χ1n) is 3.84. The van der Waals surface area contributed by atoms with Crippen molar-refractivity contribution in [1.82, 2.24) is 0 Å². The molecule has 0 bridgehead atoms. The second kappa shape index (κ2) is 6.52. The van der Waals surface area contributed by atoms with Crippen molar-refractivity contribution < 1.29 is 19.1 Å². The Kier molecular flexibility index (Phi) is 5.87. The lowest BCUT2D eigenvalue weighted by Crippen LogP contribution is -2.09.